The Balaban J connectivity index is 2.16. The van der Waals surface area contributed by atoms with E-state index >= 15 is 0 Å². The normalized spacial score (nSPS) is 12.8. The molecule has 3 rings (SSSR count). The predicted molar refractivity (Wildman–Crippen MR) is 79.3 cm³/mol. The highest BCUT2D eigenvalue weighted by molar-refractivity contribution is 5.72. The zero-order valence-electron chi connectivity index (χ0n) is 12.0. The van der Waals surface area contributed by atoms with Gasteiger partial charge in [0.1, 0.15) is 0 Å². The second-order valence-electron chi connectivity index (χ2n) is 5.28. The minimum Gasteiger partial charge on any atom is -0.376 e. The van der Waals surface area contributed by atoms with Gasteiger partial charge in [0.2, 0.25) is 0 Å². The molecule has 20 heavy (non-hydrogen) atoms. The molecular formula is C17H19N2O+. The van der Waals surface area contributed by atoms with Gasteiger partial charge in [-0.25, -0.2) is 9.13 Å². The predicted octanol–water partition coefficient (Wildman–Crippen LogP) is 2.39. The molecule has 1 aromatic heterocycles. The Labute approximate surface area is 118 Å². The van der Waals surface area contributed by atoms with Crippen molar-refractivity contribution in [2.75, 3.05) is 0 Å². The first-order chi connectivity index (χ1) is 9.59. The lowest BCUT2D eigenvalue weighted by Gasteiger charge is -2.08. The van der Waals surface area contributed by atoms with Crippen LogP contribution in [-0.2, 0) is 14.1 Å². The molecule has 2 aromatic carbocycles. The Morgan fingerprint density at radius 1 is 1.05 bits per heavy atom. The first-order valence-corrected chi connectivity index (χ1v) is 6.77. The van der Waals surface area contributed by atoms with Crippen LogP contribution in [-0.4, -0.2) is 9.67 Å². The third kappa shape index (κ3) is 1.91. The molecule has 0 aliphatic rings. The summed E-state index contributed by atoms with van der Waals surface area (Å²) in [5.41, 5.74) is 4.35. The topological polar surface area (TPSA) is 29.0 Å². The third-order valence-corrected chi connectivity index (χ3v) is 3.93. The molecular weight excluding hydrogens is 248 g/mol. The highest BCUT2D eigenvalue weighted by atomic mass is 16.3. The fourth-order valence-electron chi connectivity index (χ4n) is 2.77. The van der Waals surface area contributed by atoms with E-state index in [4.69, 9.17) is 0 Å². The molecule has 1 N–H and O–H groups in total. The maximum atomic E-state index is 10.7. The summed E-state index contributed by atoms with van der Waals surface area (Å²) in [5.74, 6) is 0.884. The molecule has 0 saturated heterocycles. The number of aliphatic hydroxyl groups is 1. The van der Waals surface area contributed by atoms with Crippen LogP contribution in [0.25, 0.3) is 11.0 Å². The summed E-state index contributed by atoms with van der Waals surface area (Å²) in [5, 5.41) is 10.7. The quantitative estimate of drug-likeness (QED) is 0.710. The SMILES string of the molecule is Cc1ccc(C(O)c2n(C)c3ccccc3[n+]2C)cc1. The van der Waals surface area contributed by atoms with Gasteiger partial charge in [-0.1, -0.05) is 42.0 Å². The Kier molecular flexibility index (Phi) is 3.07. The summed E-state index contributed by atoms with van der Waals surface area (Å²) in [6.07, 6.45) is -0.627. The first-order valence-electron chi connectivity index (χ1n) is 6.77. The van der Waals surface area contributed by atoms with Crippen molar-refractivity contribution in [3.63, 3.8) is 0 Å². The number of hydrogen-bond acceptors (Lipinski definition) is 1. The number of nitrogens with zero attached hydrogens (tertiary/aromatic N) is 2. The van der Waals surface area contributed by atoms with Crippen molar-refractivity contribution < 1.29 is 9.67 Å². The van der Waals surface area contributed by atoms with Gasteiger partial charge < -0.3 is 5.11 Å². The third-order valence-electron chi connectivity index (χ3n) is 3.93. The van der Waals surface area contributed by atoms with E-state index in [1.165, 1.54) is 5.56 Å². The summed E-state index contributed by atoms with van der Waals surface area (Å²) in [4.78, 5) is 0. The van der Waals surface area contributed by atoms with E-state index in [-0.39, 0.29) is 0 Å². The average molecular weight is 267 g/mol. The van der Waals surface area contributed by atoms with E-state index in [1.54, 1.807) is 0 Å². The van der Waals surface area contributed by atoms with Crippen LogP contribution in [0.2, 0.25) is 0 Å². The van der Waals surface area contributed by atoms with Crippen LogP contribution in [0.5, 0.6) is 0 Å². The van der Waals surface area contributed by atoms with Crippen molar-refractivity contribution in [2.24, 2.45) is 14.1 Å². The highest BCUT2D eigenvalue weighted by Crippen LogP contribution is 2.23. The summed E-state index contributed by atoms with van der Waals surface area (Å²) in [6.45, 7) is 2.05. The van der Waals surface area contributed by atoms with Crippen molar-refractivity contribution in [3.8, 4) is 0 Å². The molecule has 0 aliphatic heterocycles. The molecule has 0 spiro atoms. The summed E-state index contributed by atoms with van der Waals surface area (Å²) >= 11 is 0. The monoisotopic (exact) mass is 267 g/mol. The zero-order chi connectivity index (χ0) is 14.3. The van der Waals surface area contributed by atoms with Crippen LogP contribution in [0.1, 0.15) is 23.1 Å². The van der Waals surface area contributed by atoms with Gasteiger partial charge in [0.25, 0.3) is 5.82 Å². The van der Waals surface area contributed by atoms with Crippen molar-refractivity contribution >= 4 is 11.0 Å². The van der Waals surface area contributed by atoms with Gasteiger partial charge >= 0.3 is 0 Å². The van der Waals surface area contributed by atoms with E-state index < -0.39 is 6.10 Å². The van der Waals surface area contributed by atoms with Crippen LogP contribution in [0.15, 0.2) is 48.5 Å². The summed E-state index contributed by atoms with van der Waals surface area (Å²) in [7, 11) is 3.99. The van der Waals surface area contributed by atoms with Crippen molar-refractivity contribution in [1.29, 1.82) is 0 Å². The van der Waals surface area contributed by atoms with Crippen molar-refractivity contribution in [2.45, 2.75) is 13.0 Å². The van der Waals surface area contributed by atoms with Crippen LogP contribution >= 0.6 is 0 Å². The van der Waals surface area contributed by atoms with Gasteiger partial charge in [0.05, 0.1) is 14.1 Å². The molecule has 1 heterocycles. The van der Waals surface area contributed by atoms with E-state index in [2.05, 4.69) is 21.3 Å². The molecule has 0 bridgehead atoms. The minimum atomic E-state index is -0.627. The smallest absolute Gasteiger partial charge is 0.291 e. The van der Waals surface area contributed by atoms with Crippen LogP contribution in [0, 0.1) is 6.92 Å². The van der Waals surface area contributed by atoms with Gasteiger partial charge in [0.15, 0.2) is 17.1 Å². The van der Waals surface area contributed by atoms with E-state index in [1.807, 2.05) is 57.4 Å². The molecule has 0 saturated carbocycles. The maximum Gasteiger partial charge on any atom is 0.291 e. The van der Waals surface area contributed by atoms with Crippen LogP contribution in [0.4, 0.5) is 0 Å². The number of para-hydroxylation sites is 2. The average Bonchev–Trinajstić information content (AvgIpc) is 2.72. The number of hydrogen-bond donors (Lipinski definition) is 1. The second kappa shape index (κ2) is 4.76. The molecule has 0 radical (unpaired) electrons. The number of aliphatic hydroxyl groups excluding tert-OH is 1. The molecule has 3 nitrogen and oxygen atoms in total. The largest absolute Gasteiger partial charge is 0.376 e. The van der Waals surface area contributed by atoms with E-state index in [0.29, 0.717) is 0 Å². The Bertz CT molecular complexity index is 718. The van der Waals surface area contributed by atoms with Gasteiger partial charge in [-0.2, -0.15) is 0 Å². The second-order valence-corrected chi connectivity index (χ2v) is 5.28. The Morgan fingerprint density at radius 2 is 1.70 bits per heavy atom. The van der Waals surface area contributed by atoms with Crippen molar-refractivity contribution in [3.05, 3.63) is 65.5 Å². The number of imidazole rings is 1. The number of rotatable bonds is 2. The molecule has 1 atom stereocenters. The van der Waals surface area contributed by atoms with E-state index in [9.17, 15) is 5.11 Å². The molecule has 102 valence electrons. The molecule has 0 amide bonds. The summed E-state index contributed by atoms with van der Waals surface area (Å²) < 4.78 is 4.11. The summed E-state index contributed by atoms with van der Waals surface area (Å²) in [6, 6.07) is 16.2. The highest BCUT2D eigenvalue weighted by Gasteiger charge is 2.27. The Morgan fingerprint density at radius 3 is 2.35 bits per heavy atom. The minimum absolute atomic E-state index is 0.627. The fourth-order valence-corrected chi connectivity index (χ4v) is 2.77. The van der Waals surface area contributed by atoms with Gasteiger partial charge in [-0.15, -0.1) is 0 Å². The lowest BCUT2D eigenvalue weighted by atomic mass is 10.1. The molecule has 0 fully saturated rings. The fraction of sp³-hybridized carbons (Fsp3) is 0.235. The van der Waals surface area contributed by atoms with Gasteiger partial charge in [0, 0.05) is 0 Å². The lowest BCUT2D eigenvalue weighted by Crippen LogP contribution is -2.35. The van der Waals surface area contributed by atoms with Gasteiger partial charge in [-0.05, 0) is 24.6 Å². The number of benzene rings is 2. The van der Waals surface area contributed by atoms with Crippen LogP contribution in [0.3, 0.4) is 0 Å². The molecule has 1 unspecified atom stereocenters. The zero-order valence-corrected chi connectivity index (χ0v) is 12.0. The number of fused-ring (bicyclic) bond motifs is 1. The van der Waals surface area contributed by atoms with Crippen LogP contribution < -0.4 is 4.57 Å². The lowest BCUT2D eigenvalue weighted by molar-refractivity contribution is -0.657. The van der Waals surface area contributed by atoms with Crippen molar-refractivity contribution in [1.82, 2.24) is 4.57 Å². The van der Waals surface area contributed by atoms with Gasteiger partial charge in [-0.3, -0.25) is 0 Å². The standard InChI is InChI=1S/C17H19N2O/c1-12-8-10-13(11-9-12)16(20)17-18(2)14-6-4-5-7-15(14)19(17)3/h4-11,16,20H,1-3H3/q+1. The first kappa shape index (κ1) is 12.9. The maximum absolute atomic E-state index is 10.7. The molecule has 0 aliphatic carbocycles. The molecule has 3 aromatic rings. The number of aromatic nitrogens is 2. The molecule has 3 heteroatoms. The Hall–Kier alpha value is -2.13. The van der Waals surface area contributed by atoms with E-state index in [0.717, 1.165) is 22.4 Å². The number of aryl methyl sites for hydroxylation is 3.